The first-order chi connectivity index (χ1) is 16.9. The lowest BCUT2D eigenvalue weighted by Gasteiger charge is -2.21. The van der Waals surface area contributed by atoms with Gasteiger partial charge in [-0.3, -0.25) is 18.8 Å². The van der Waals surface area contributed by atoms with Gasteiger partial charge in [0, 0.05) is 29.3 Å². The van der Waals surface area contributed by atoms with E-state index in [1.807, 2.05) is 26.0 Å². The molecule has 1 aliphatic heterocycles. The Labute approximate surface area is 210 Å². The van der Waals surface area contributed by atoms with Crippen LogP contribution in [0.5, 0.6) is 0 Å². The predicted octanol–water partition coefficient (Wildman–Crippen LogP) is 5.58. The molecule has 0 spiro atoms. The number of nitrogens with zero attached hydrogens (tertiary/aromatic N) is 3. The number of aromatic nitrogens is 3. The minimum Gasteiger partial charge on any atom is -0.296 e. The number of hydrogen-bond acceptors (Lipinski definition) is 5. The van der Waals surface area contributed by atoms with E-state index in [1.165, 1.54) is 12.3 Å². The highest BCUT2D eigenvalue weighted by molar-refractivity contribution is 7.86. The Kier molecular flexibility index (Phi) is 5.79. The molecule has 1 aliphatic rings. The summed E-state index contributed by atoms with van der Waals surface area (Å²) < 4.78 is 58.4. The van der Waals surface area contributed by atoms with Crippen molar-refractivity contribution in [3.63, 3.8) is 0 Å². The van der Waals surface area contributed by atoms with Crippen LogP contribution in [-0.4, -0.2) is 25.9 Å². The third-order valence-electron chi connectivity index (χ3n) is 5.96. The maximum absolute atomic E-state index is 13.6. The van der Waals surface area contributed by atoms with Gasteiger partial charge < -0.3 is 0 Å². The van der Waals surface area contributed by atoms with Crippen LogP contribution in [0.15, 0.2) is 68.9 Å². The number of anilines is 1. The molecule has 0 radical (unpaired) electrons. The molecule has 5 rings (SSSR count). The first-order valence-electron chi connectivity index (χ1n) is 10.7. The fourth-order valence-electron chi connectivity index (χ4n) is 4.15. The number of halogens is 4. The standard InChI is InChI=1S/C24H18ClF3N4O3S/c1-23(2)12-32(36(34)15-5-6-16(18(25)10-15)21-30-22(33)35-31-21)19-7-3-13(9-17(19)23)14-4-8-20(29-11-14)24(26,27)28/h3-11H,12H2,1-2H3,(H,30,31,33). The molecule has 1 unspecified atom stereocenters. The average Bonchev–Trinajstić information content (AvgIpc) is 3.38. The summed E-state index contributed by atoms with van der Waals surface area (Å²) in [5.41, 5.74) is 2.02. The summed E-state index contributed by atoms with van der Waals surface area (Å²) in [5.74, 6) is -0.545. The number of fused-ring (bicyclic) bond motifs is 1. The molecule has 2 aromatic heterocycles. The zero-order chi connectivity index (χ0) is 25.8. The van der Waals surface area contributed by atoms with Crippen LogP contribution in [0.2, 0.25) is 5.02 Å². The molecular weight excluding hydrogens is 517 g/mol. The Hall–Kier alpha value is -3.44. The highest BCUT2D eigenvalue weighted by Crippen LogP contribution is 2.44. The smallest absolute Gasteiger partial charge is 0.296 e. The van der Waals surface area contributed by atoms with Gasteiger partial charge >= 0.3 is 11.9 Å². The lowest BCUT2D eigenvalue weighted by molar-refractivity contribution is -0.141. The molecule has 0 aliphatic carbocycles. The summed E-state index contributed by atoms with van der Waals surface area (Å²) in [6.07, 6.45) is -3.30. The zero-order valence-electron chi connectivity index (χ0n) is 18.9. The van der Waals surface area contributed by atoms with Crippen LogP contribution in [-0.2, 0) is 22.6 Å². The molecule has 0 fully saturated rings. The highest BCUT2D eigenvalue weighted by atomic mass is 35.5. The minimum atomic E-state index is -4.50. The van der Waals surface area contributed by atoms with Crippen LogP contribution >= 0.6 is 11.6 Å². The molecule has 36 heavy (non-hydrogen) atoms. The van der Waals surface area contributed by atoms with Gasteiger partial charge in [-0.1, -0.05) is 42.7 Å². The maximum atomic E-state index is 13.6. The Morgan fingerprint density at radius 1 is 1.11 bits per heavy atom. The number of alkyl halides is 3. The van der Waals surface area contributed by atoms with E-state index < -0.39 is 28.6 Å². The Balaban J connectivity index is 1.46. The van der Waals surface area contributed by atoms with Crippen LogP contribution in [0.1, 0.15) is 25.1 Å². The third kappa shape index (κ3) is 4.33. The SMILES string of the molecule is CC1(C)CN(S(=O)c2ccc(-c3noc(=O)[nH]3)c(Cl)c2)c2ccc(-c3ccc(C(F)(F)F)nc3)cc21. The second-order valence-electron chi connectivity index (χ2n) is 8.92. The van der Waals surface area contributed by atoms with E-state index in [0.29, 0.717) is 28.1 Å². The topological polar surface area (TPSA) is 92.1 Å². The molecule has 0 amide bonds. The van der Waals surface area contributed by atoms with Crippen LogP contribution in [0.4, 0.5) is 18.9 Å². The quantitative estimate of drug-likeness (QED) is 0.369. The molecule has 7 nitrogen and oxygen atoms in total. The van der Waals surface area contributed by atoms with Crippen LogP contribution < -0.4 is 10.1 Å². The summed E-state index contributed by atoms with van der Waals surface area (Å²) in [4.78, 5) is 17.7. The molecule has 4 aromatic rings. The highest BCUT2D eigenvalue weighted by Gasteiger charge is 2.38. The van der Waals surface area contributed by atoms with Gasteiger partial charge in [0.1, 0.15) is 5.69 Å². The van der Waals surface area contributed by atoms with Crippen molar-refractivity contribution in [3.05, 3.63) is 81.6 Å². The molecule has 1 N–H and O–H groups in total. The summed E-state index contributed by atoms with van der Waals surface area (Å²) in [6, 6.07) is 12.6. The van der Waals surface area contributed by atoms with E-state index in [1.54, 1.807) is 28.6 Å². The normalized spacial score (nSPS) is 15.7. The van der Waals surface area contributed by atoms with Crippen molar-refractivity contribution >= 4 is 28.3 Å². The van der Waals surface area contributed by atoms with E-state index in [2.05, 4.69) is 19.6 Å². The van der Waals surface area contributed by atoms with Gasteiger partial charge in [0.25, 0.3) is 0 Å². The summed E-state index contributed by atoms with van der Waals surface area (Å²) in [6.45, 7) is 4.46. The fourth-order valence-corrected chi connectivity index (χ4v) is 5.92. The van der Waals surface area contributed by atoms with E-state index in [4.69, 9.17) is 11.6 Å². The van der Waals surface area contributed by atoms with E-state index in [-0.39, 0.29) is 16.3 Å². The first-order valence-corrected chi connectivity index (χ1v) is 12.2. The summed E-state index contributed by atoms with van der Waals surface area (Å²) in [7, 11) is -1.60. The van der Waals surface area contributed by atoms with Gasteiger partial charge in [-0.05, 0) is 47.5 Å². The van der Waals surface area contributed by atoms with Gasteiger partial charge in [0.05, 0.1) is 15.6 Å². The molecule has 0 saturated heterocycles. The van der Waals surface area contributed by atoms with Crippen molar-refractivity contribution in [2.45, 2.75) is 30.3 Å². The van der Waals surface area contributed by atoms with Crippen molar-refractivity contribution < 1.29 is 21.9 Å². The van der Waals surface area contributed by atoms with Crippen molar-refractivity contribution in [1.29, 1.82) is 0 Å². The predicted molar refractivity (Wildman–Crippen MR) is 129 cm³/mol. The maximum Gasteiger partial charge on any atom is 0.439 e. The zero-order valence-corrected chi connectivity index (χ0v) is 20.5. The second-order valence-corrected chi connectivity index (χ2v) is 10.7. The van der Waals surface area contributed by atoms with E-state index in [0.717, 1.165) is 17.3 Å². The summed E-state index contributed by atoms with van der Waals surface area (Å²) >= 11 is 6.38. The molecule has 186 valence electrons. The molecule has 12 heteroatoms. The van der Waals surface area contributed by atoms with Crippen LogP contribution in [0.25, 0.3) is 22.5 Å². The number of aromatic amines is 1. The molecule has 3 heterocycles. The summed E-state index contributed by atoms with van der Waals surface area (Å²) in [5, 5.41) is 3.87. The van der Waals surface area contributed by atoms with Crippen molar-refractivity contribution in [2.75, 3.05) is 10.8 Å². The Morgan fingerprint density at radius 2 is 1.86 bits per heavy atom. The number of benzene rings is 2. The number of H-pyrrole nitrogens is 1. The van der Waals surface area contributed by atoms with Gasteiger partial charge in [-0.15, -0.1) is 0 Å². The van der Waals surface area contributed by atoms with Gasteiger partial charge in [-0.2, -0.15) is 13.2 Å². The lowest BCUT2D eigenvalue weighted by atomic mass is 9.85. The molecule has 0 saturated carbocycles. The Morgan fingerprint density at radius 3 is 2.47 bits per heavy atom. The second kappa shape index (κ2) is 8.59. The molecule has 1 atom stereocenters. The monoisotopic (exact) mass is 534 g/mol. The number of pyridine rings is 1. The lowest BCUT2D eigenvalue weighted by Crippen LogP contribution is -2.30. The number of rotatable bonds is 4. The fraction of sp³-hybridized carbons (Fsp3) is 0.208. The van der Waals surface area contributed by atoms with E-state index >= 15 is 0 Å². The largest absolute Gasteiger partial charge is 0.439 e. The molecular formula is C24H18ClF3N4O3S. The number of hydrogen-bond donors (Lipinski definition) is 1. The van der Waals surface area contributed by atoms with Crippen LogP contribution in [0.3, 0.4) is 0 Å². The van der Waals surface area contributed by atoms with Crippen molar-refractivity contribution in [2.24, 2.45) is 0 Å². The Bertz CT molecular complexity index is 1550. The van der Waals surface area contributed by atoms with Gasteiger partial charge in [0.15, 0.2) is 16.8 Å². The minimum absolute atomic E-state index is 0.167. The molecule has 2 aromatic carbocycles. The molecule has 0 bridgehead atoms. The van der Waals surface area contributed by atoms with Gasteiger partial charge in [0.2, 0.25) is 0 Å². The van der Waals surface area contributed by atoms with Crippen LogP contribution in [0, 0.1) is 0 Å². The third-order valence-corrected chi connectivity index (χ3v) is 7.65. The number of nitrogens with one attached hydrogen (secondary N) is 1. The first kappa shape index (κ1) is 24.3. The van der Waals surface area contributed by atoms with E-state index in [9.17, 15) is 22.2 Å². The average molecular weight is 535 g/mol. The van der Waals surface area contributed by atoms with Gasteiger partial charge in [-0.25, -0.2) is 9.00 Å². The van der Waals surface area contributed by atoms with Crippen molar-refractivity contribution in [1.82, 2.24) is 15.1 Å². The van der Waals surface area contributed by atoms with Crippen molar-refractivity contribution in [3.8, 4) is 22.5 Å².